The van der Waals surface area contributed by atoms with Crippen LogP contribution in [-0.2, 0) is 31.8 Å². The Hall–Kier alpha value is -5.18. The first-order valence-electron chi connectivity index (χ1n) is 14.2. The predicted octanol–water partition coefficient (Wildman–Crippen LogP) is 3.31. The Morgan fingerprint density at radius 3 is 2.41 bits per heavy atom. The quantitative estimate of drug-likeness (QED) is 0.219. The smallest absolute Gasteiger partial charge is 0.417 e. The number of carbonyl (C=O) groups is 4. The number of aromatic nitrogens is 1. The highest BCUT2D eigenvalue weighted by molar-refractivity contribution is 5.98. The number of nitrogens with one attached hydrogen (secondary N) is 3. The van der Waals surface area contributed by atoms with Crippen molar-refractivity contribution in [1.29, 1.82) is 0 Å². The van der Waals surface area contributed by atoms with Crippen LogP contribution >= 0.6 is 0 Å². The van der Waals surface area contributed by atoms with Crippen molar-refractivity contribution in [2.45, 2.75) is 37.4 Å². The number of alkyl halides is 3. The lowest BCUT2D eigenvalue weighted by Crippen LogP contribution is -2.49. The summed E-state index contributed by atoms with van der Waals surface area (Å²) in [6.07, 6.45) is -4.01. The van der Waals surface area contributed by atoms with Gasteiger partial charge in [-0.2, -0.15) is 13.2 Å². The van der Waals surface area contributed by atoms with Gasteiger partial charge in [0.05, 0.1) is 29.8 Å². The highest BCUT2D eigenvalue weighted by Crippen LogP contribution is 2.31. The molecule has 3 aromatic rings. The Balaban J connectivity index is 1.30. The van der Waals surface area contributed by atoms with Gasteiger partial charge < -0.3 is 35.4 Å². The lowest BCUT2D eigenvalue weighted by Gasteiger charge is -2.24. The molecule has 0 bridgehead atoms. The fraction of sp³-hybridized carbons (Fsp3) is 0.323. The van der Waals surface area contributed by atoms with E-state index in [0.29, 0.717) is 24.8 Å². The molecule has 1 fully saturated rings. The van der Waals surface area contributed by atoms with Gasteiger partial charge in [0, 0.05) is 19.3 Å². The van der Waals surface area contributed by atoms with Gasteiger partial charge in [0.1, 0.15) is 25.1 Å². The molecule has 15 heteroatoms. The standard InChI is InChI=1S/C31H32F3N5O7/c32-31(33,34)24-11-5-4-10-23(24)28(41)38-25(29(42)43)16-37-27(40)19-45-22-14-21(15-36-26-12-6-7-13-35-26)39(17-22)30(44)46-18-20-8-2-1-3-9-20/h1-13,21-22,25H,14-19H2,(H,35,36)(H,37,40)(H,38,41)(H,42,43)/t21-,22+,25-/m0/s1. The van der Waals surface area contributed by atoms with Crippen LogP contribution in [0.1, 0.15) is 27.9 Å². The van der Waals surface area contributed by atoms with Gasteiger partial charge in [-0.15, -0.1) is 0 Å². The van der Waals surface area contributed by atoms with Crippen LogP contribution in [0.4, 0.5) is 23.8 Å². The Bertz CT molecular complexity index is 1490. The number of rotatable bonds is 13. The second-order valence-corrected chi connectivity index (χ2v) is 10.3. The van der Waals surface area contributed by atoms with E-state index in [1.165, 1.54) is 11.0 Å². The third-order valence-corrected chi connectivity index (χ3v) is 7.03. The largest absolute Gasteiger partial charge is 0.480 e. The van der Waals surface area contributed by atoms with Gasteiger partial charge in [-0.05, 0) is 36.2 Å². The van der Waals surface area contributed by atoms with Crippen LogP contribution in [0, 0.1) is 0 Å². The number of ether oxygens (including phenoxy) is 2. The van der Waals surface area contributed by atoms with E-state index < -0.39 is 66.5 Å². The summed E-state index contributed by atoms with van der Waals surface area (Å²) in [5.41, 5.74) is -1.17. The number of pyridine rings is 1. The maximum Gasteiger partial charge on any atom is 0.417 e. The molecule has 3 atom stereocenters. The molecule has 1 aliphatic heterocycles. The van der Waals surface area contributed by atoms with E-state index in [0.717, 1.165) is 17.7 Å². The van der Waals surface area contributed by atoms with Crippen molar-refractivity contribution >= 4 is 29.7 Å². The minimum atomic E-state index is -4.83. The number of amides is 3. The van der Waals surface area contributed by atoms with E-state index in [-0.39, 0.29) is 19.2 Å². The van der Waals surface area contributed by atoms with Crippen LogP contribution in [0.25, 0.3) is 0 Å². The molecule has 4 N–H and O–H groups in total. The van der Waals surface area contributed by atoms with Gasteiger partial charge in [0.15, 0.2) is 0 Å². The molecule has 0 aliphatic carbocycles. The number of carboxylic acid groups (broad SMARTS) is 1. The van der Waals surface area contributed by atoms with Crippen molar-refractivity contribution in [1.82, 2.24) is 20.5 Å². The zero-order chi connectivity index (χ0) is 33.1. The highest BCUT2D eigenvalue weighted by Gasteiger charge is 2.38. The number of carbonyl (C=O) groups excluding carboxylic acids is 3. The van der Waals surface area contributed by atoms with E-state index in [1.54, 1.807) is 18.3 Å². The monoisotopic (exact) mass is 643 g/mol. The third-order valence-electron chi connectivity index (χ3n) is 7.03. The van der Waals surface area contributed by atoms with E-state index in [9.17, 15) is 37.5 Å². The minimum Gasteiger partial charge on any atom is -0.480 e. The lowest BCUT2D eigenvalue weighted by molar-refractivity contribution is -0.139. The van der Waals surface area contributed by atoms with Crippen LogP contribution in [0.3, 0.4) is 0 Å². The summed E-state index contributed by atoms with van der Waals surface area (Å²) in [5, 5.41) is 17.0. The lowest BCUT2D eigenvalue weighted by atomic mass is 10.1. The fourth-order valence-electron chi connectivity index (χ4n) is 4.73. The number of nitrogens with zero attached hydrogens (tertiary/aromatic N) is 2. The highest BCUT2D eigenvalue weighted by atomic mass is 19.4. The maximum atomic E-state index is 13.3. The second-order valence-electron chi connectivity index (χ2n) is 10.3. The van der Waals surface area contributed by atoms with Gasteiger partial charge >= 0.3 is 18.2 Å². The zero-order valence-corrected chi connectivity index (χ0v) is 24.4. The third kappa shape index (κ3) is 9.66. The van der Waals surface area contributed by atoms with Crippen LogP contribution < -0.4 is 16.0 Å². The molecule has 12 nitrogen and oxygen atoms in total. The number of halogens is 3. The Morgan fingerprint density at radius 2 is 1.72 bits per heavy atom. The molecule has 2 heterocycles. The zero-order valence-electron chi connectivity index (χ0n) is 24.4. The SMILES string of the molecule is O=C(CO[C@@H]1C[C@@H](CNc2ccccn2)N(C(=O)OCc2ccccc2)C1)NC[C@H](NC(=O)c1ccccc1C(F)(F)F)C(=O)O. The van der Waals surface area contributed by atoms with E-state index >= 15 is 0 Å². The van der Waals surface area contributed by atoms with Gasteiger partial charge in [0.2, 0.25) is 5.91 Å². The van der Waals surface area contributed by atoms with Crippen molar-refractivity contribution < 1.29 is 46.9 Å². The average Bonchev–Trinajstić information content (AvgIpc) is 3.47. The minimum absolute atomic E-state index is 0.0631. The number of benzene rings is 2. The molecular weight excluding hydrogens is 611 g/mol. The predicted molar refractivity (Wildman–Crippen MR) is 158 cm³/mol. The topological polar surface area (TPSA) is 159 Å². The summed E-state index contributed by atoms with van der Waals surface area (Å²) in [4.78, 5) is 55.4. The molecule has 46 heavy (non-hydrogen) atoms. The van der Waals surface area contributed by atoms with Crippen molar-refractivity contribution in [3.63, 3.8) is 0 Å². The summed E-state index contributed by atoms with van der Waals surface area (Å²) >= 11 is 0. The molecule has 0 saturated carbocycles. The van der Waals surface area contributed by atoms with Crippen molar-refractivity contribution in [3.05, 3.63) is 95.7 Å². The van der Waals surface area contributed by atoms with Crippen molar-refractivity contribution in [3.8, 4) is 0 Å². The molecule has 1 aliphatic rings. The Morgan fingerprint density at radius 1 is 1.00 bits per heavy atom. The van der Waals surface area contributed by atoms with E-state index in [4.69, 9.17) is 9.47 Å². The molecule has 3 amide bonds. The fourth-order valence-corrected chi connectivity index (χ4v) is 4.73. The van der Waals surface area contributed by atoms with Crippen LogP contribution in [0.15, 0.2) is 79.0 Å². The number of aliphatic carboxylic acids is 1. The first-order chi connectivity index (χ1) is 22.0. The maximum absolute atomic E-state index is 13.3. The first-order valence-corrected chi connectivity index (χ1v) is 14.2. The van der Waals surface area contributed by atoms with Crippen LogP contribution in [-0.4, -0.2) is 83.3 Å². The number of anilines is 1. The number of hydrogen-bond acceptors (Lipinski definition) is 8. The van der Waals surface area contributed by atoms with Gasteiger partial charge in [0.25, 0.3) is 5.91 Å². The van der Waals surface area contributed by atoms with Crippen LogP contribution in [0.2, 0.25) is 0 Å². The van der Waals surface area contributed by atoms with Crippen molar-refractivity contribution in [2.75, 3.05) is 31.6 Å². The molecule has 1 aromatic heterocycles. The summed E-state index contributed by atoms with van der Waals surface area (Å²) in [6, 6.07) is 16.3. The molecule has 4 rings (SSSR count). The summed E-state index contributed by atoms with van der Waals surface area (Å²) in [5.74, 6) is -2.96. The molecule has 244 valence electrons. The van der Waals surface area contributed by atoms with Crippen molar-refractivity contribution in [2.24, 2.45) is 0 Å². The number of likely N-dealkylation sites (tertiary alicyclic amines) is 1. The molecular formula is C31H32F3N5O7. The van der Waals surface area contributed by atoms with E-state index in [1.807, 2.05) is 41.7 Å². The summed E-state index contributed by atoms with van der Waals surface area (Å²) in [7, 11) is 0. The molecule has 0 unspecified atom stereocenters. The molecule has 2 aromatic carbocycles. The normalized spacial score (nSPS) is 16.7. The summed E-state index contributed by atoms with van der Waals surface area (Å²) in [6.45, 7) is -0.623. The van der Waals surface area contributed by atoms with E-state index in [2.05, 4.69) is 15.6 Å². The average molecular weight is 644 g/mol. The van der Waals surface area contributed by atoms with Gasteiger partial charge in [-0.25, -0.2) is 14.6 Å². The molecule has 1 saturated heterocycles. The first kappa shape index (κ1) is 33.7. The second kappa shape index (κ2) is 15.7. The van der Waals surface area contributed by atoms with Crippen LogP contribution in [0.5, 0.6) is 0 Å². The van der Waals surface area contributed by atoms with Gasteiger partial charge in [-0.1, -0.05) is 48.5 Å². The Kier molecular flexibility index (Phi) is 11.5. The summed E-state index contributed by atoms with van der Waals surface area (Å²) < 4.78 is 51.1. The number of carboxylic acids is 1. The Labute approximate surface area is 261 Å². The van der Waals surface area contributed by atoms with Gasteiger partial charge in [-0.3, -0.25) is 9.59 Å². The number of hydrogen-bond donors (Lipinski definition) is 4. The molecule has 0 radical (unpaired) electrons. The molecule has 0 spiro atoms.